The molecule has 0 atom stereocenters. The second kappa shape index (κ2) is 5.99. The highest BCUT2D eigenvalue weighted by Gasteiger charge is 2.14. The van der Waals surface area contributed by atoms with Gasteiger partial charge in [0.1, 0.15) is 16.5 Å². The lowest BCUT2D eigenvalue weighted by Crippen LogP contribution is -2.13. The molecule has 0 aromatic heterocycles. The van der Waals surface area contributed by atoms with E-state index < -0.39 is 5.91 Å². The lowest BCUT2D eigenvalue weighted by Gasteiger charge is -2.10. The summed E-state index contributed by atoms with van der Waals surface area (Å²) in [6.07, 6.45) is 0. The highest BCUT2D eigenvalue weighted by Crippen LogP contribution is 2.26. The number of rotatable bonds is 3. The van der Waals surface area contributed by atoms with Crippen molar-refractivity contribution in [3.8, 4) is 11.5 Å². The predicted molar refractivity (Wildman–Crippen MR) is 85.1 cm³/mol. The zero-order valence-electron chi connectivity index (χ0n) is 10.6. The maximum atomic E-state index is 12.1. The number of aromatic hydroxyl groups is 2. The summed E-state index contributed by atoms with van der Waals surface area (Å²) < 4.78 is 0. The summed E-state index contributed by atoms with van der Waals surface area (Å²) in [5.74, 6) is -0.984. The number of carbonyl (C=O) groups excluding carboxylic acids is 1. The Morgan fingerprint density at radius 2 is 1.90 bits per heavy atom. The first-order chi connectivity index (χ1) is 9.88. The van der Waals surface area contributed by atoms with E-state index >= 15 is 0 Å². The predicted octanol–water partition coefficient (Wildman–Crippen LogP) is 2.64. The molecule has 0 spiro atoms. The van der Waals surface area contributed by atoms with Crippen molar-refractivity contribution in [3.05, 3.63) is 52.5 Å². The molecule has 0 heterocycles. The van der Waals surface area contributed by atoms with Crippen molar-refractivity contribution in [3.63, 3.8) is 0 Å². The largest absolute Gasteiger partial charge is 0.508 e. The molecule has 0 fully saturated rings. The second-order valence-corrected chi connectivity index (χ2v) is 5.06. The molecule has 0 bridgehead atoms. The SMILES string of the molecule is NC(=S)c1ccc(NC(=O)c2cc(O)ccc2O)c(Cl)c1. The van der Waals surface area contributed by atoms with Crippen LogP contribution in [0.2, 0.25) is 5.02 Å². The Balaban J connectivity index is 2.27. The Labute approximate surface area is 131 Å². The highest BCUT2D eigenvalue weighted by atomic mass is 35.5. The van der Waals surface area contributed by atoms with E-state index in [2.05, 4.69) is 5.32 Å². The van der Waals surface area contributed by atoms with Crippen LogP contribution < -0.4 is 11.1 Å². The van der Waals surface area contributed by atoms with Crippen LogP contribution in [0.4, 0.5) is 5.69 Å². The van der Waals surface area contributed by atoms with Crippen LogP contribution in [0.3, 0.4) is 0 Å². The number of benzene rings is 2. The van der Waals surface area contributed by atoms with Gasteiger partial charge in [0, 0.05) is 5.56 Å². The summed E-state index contributed by atoms with van der Waals surface area (Å²) in [6, 6.07) is 8.35. The van der Waals surface area contributed by atoms with E-state index in [1.807, 2.05) is 0 Å². The fourth-order valence-corrected chi connectivity index (χ4v) is 2.02. The number of phenolic OH excluding ortho intramolecular Hbond substituents is 2. The van der Waals surface area contributed by atoms with Gasteiger partial charge in [0.15, 0.2) is 0 Å². The number of hydrogen-bond donors (Lipinski definition) is 4. The molecule has 21 heavy (non-hydrogen) atoms. The fourth-order valence-electron chi connectivity index (χ4n) is 1.67. The van der Waals surface area contributed by atoms with Crippen molar-refractivity contribution in [1.29, 1.82) is 0 Å². The standard InChI is InChI=1S/C14H11ClN2O3S/c15-10-5-7(13(16)21)1-3-11(10)17-14(20)9-6-8(18)2-4-12(9)19/h1-6,18-19H,(H2,16,21)(H,17,20). The smallest absolute Gasteiger partial charge is 0.259 e. The van der Waals surface area contributed by atoms with Crippen LogP contribution in [0, 0.1) is 0 Å². The van der Waals surface area contributed by atoms with Gasteiger partial charge in [0.25, 0.3) is 5.91 Å². The van der Waals surface area contributed by atoms with Gasteiger partial charge in [-0.15, -0.1) is 0 Å². The molecular weight excluding hydrogens is 312 g/mol. The number of carbonyl (C=O) groups is 1. The lowest BCUT2D eigenvalue weighted by atomic mass is 10.1. The Bertz CT molecular complexity index is 734. The molecule has 2 rings (SSSR count). The number of nitrogens with two attached hydrogens (primary N) is 1. The number of amides is 1. The van der Waals surface area contributed by atoms with Gasteiger partial charge in [-0.25, -0.2) is 0 Å². The van der Waals surface area contributed by atoms with Crippen molar-refractivity contribution in [2.45, 2.75) is 0 Å². The first-order valence-corrected chi connectivity index (χ1v) is 6.60. The van der Waals surface area contributed by atoms with Crippen LogP contribution in [0.1, 0.15) is 15.9 Å². The molecule has 2 aromatic carbocycles. The van der Waals surface area contributed by atoms with E-state index in [1.54, 1.807) is 12.1 Å². The van der Waals surface area contributed by atoms with Crippen molar-refractivity contribution >= 4 is 40.4 Å². The van der Waals surface area contributed by atoms with Crippen LogP contribution >= 0.6 is 23.8 Å². The maximum absolute atomic E-state index is 12.1. The van der Waals surface area contributed by atoms with E-state index in [1.165, 1.54) is 18.2 Å². The molecule has 0 aliphatic heterocycles. The molecule has 0 saturated heterocycles. The molecule has 7 heteroatoms. The summed E-state index contributed by atoms with van der Waals surface area (Å²) in [5, 5.41) is 21.8. The number of hydrogen-bond acceptors (Lipinski definition) is 4. The van der Waals surface area contributed by atoms with E-state index in [9.17, 15) is 15.0 Å². The molecule has 2 aromatic rings. The van der Waals surface area contributed by atoms with Gasteiger partial charge in [-0.1, -0.05) is 23.8 Å². The minimum Gasteiger partial charge on any atom is -0.508 e. The minimum atomic E-state index is -0.603. The lowest BCUT2D eigenvalue weighted by molar-refractivity contribution is 0.102. The quantitative estimate of drug-likeness (QED) is 0.514. The van der Waals surface area contributed by atoms with Gasteiger partial charge in [-0.3, -0.25) is 4.79 Å². The topological polar surface area (TPSA) is 95.6 Å². The molecule has 0 unspecified atom stereocenters. The Kier molecular flexibility index (Phi) is 4.30. The van der Waals surface area contributed by atoms with Crippen molar-refractivity contribution < 1.29 is 15.0 Å². The Hall–Kier alpha value is -2.31. The zero-order valence-corrected chi connectivity index (χ0v) is 12.2. The number of phenols is 2. The summed E-state index contributed by atoms with van der Waals surface area (Å²) >= 11 is 10.9. The van der Waals surface area contributed by atoms with Gasteiger partial charge in [-0.05, 0) is 36.4 Å². The molecule has 0 saturated carbocycles. The van der Waals surface area contributed by atoms with Gasteiger partial charge < -0.3 is 21.3 Å². The van der Waals surface area contributed by atoms with E-state index in [0.717, 1.165) is 6.07 Å². The van der Waals surface area contributed by atoms with Crippen molar-refractivity contribution in [2.24, 2.45) is 5.73 Å². The van der Waals surface area contributed by atoms with E-state index in [-0.39, 0.29) is 27.1 Å². The molecule has 0 radical (unpaired) electrons. The Morgan fingerprint density at radius 3 is 2.52 bits per heavy atom. The molecule has 5 N–H and O–H groups in total. The summed E-state index contributed by atoms with van der Waals surface area (Å²) in [5.41, 5.74) is 6.34. The highest BCUT2D eigenvalue weighted by molar-refractivity contribution is 7.80. The van der Waals surface area contributed by atoms with Crippen molar-refractivity contribution in [2.75, 3.05) is 5.32 Å². The van der Waals surface area contributed by atoms with Gasteiger partial charge in [0.2, 0.25) is 0 Å². The molecule has 5 nitrogen and oxygen atoms in total. The number of anilines is 1. The monoisotopic (exact) mass is 322 g/mol. The summed E-state index contributed by atoms with van der Waals surface area (Å²) in [4.78, 5) is 12.3. The second-order valence-electron chi connectivity index (χ2n) is 4.21. The fraction of sp³-hybridized carbons (Fsp3) is 0. The van der Waals surface area contributed by atoms with Gasteiger partial charge >= 0.3 is 0 Å². The summed E-state index contributed by atoms with van der Waals surface area (Å²) in [7, 11) is 0. The number of thiocarbonyl (C=S) groups is 1. The van der Waals surface area contributed by atoms with E-state index in [0.29, 0.717) is 11.3 Å². The van der Waals surface area contributed by atoms with Crippen LogP contribution in [-0.4, -0.2) is 21.1 Å². The first-order valence-electron chi connectivity index (χ1n) is 5.81. The molecule has 1 amide bonds. The average molecular weight is 323 g/mol. The minimum absolute atomic E-state index is 0.0653. The molecule has 108 valence electrons. The maximum Gasteiger partial charge on any atom is 0.259 e. The molecular formula is C14H11ClN2O3S. The summed E-state index contributed by atoms with van der Waals surface area (Å²) in [6.45, 7) is 0. The number of halogens is 1. The first kappa shape index (κ1) is 15.1. The normalized spacial score (nSPS) is 10.1. The average Bonchev–Trinajstić information content (AvgIpc) is 2.43. The van der Waals surface area contributed by atoms with E-state index in [4.69, 9.17) is 29.6 Å². The third-order valence-corrected chi connectivity index (χ3v) is 3.27. The molecule has 0 aliphatic carbocycles. The van der Waals surface area contributed by atoms with Crippen LogP contribution in [-0.2, 0) is 0 Å². The molecule has 0 aliphatic rings. The third kappa shape index (κ3) is 3.42. The van der Waals surface area contributed by atoms with Crippen LogP contribution in [0.25, 0.3) is 0 Å². The van der Waals surface area contributed by atoms with Gasteiger partial charge in [0.05, 0.1) is 16.3 Å². The van der Waals surface area contributed by atoms with Gasteiger partial charge in [-0.2, -0.15) is 0 Å². The van der Waals surface area contributed by atoms with Crippen LogP contribution in [0.15, 0.2) is 36.4 Å². The van der Waals surface area contributed by atoms with Crippen molar-refractivity contribution in [1.82, 2.24) is 0 Å². The number of nitrogens with one attached hydrogen (secondary N) is 1. The van der Waals surface area contributed by atoms with Crippen LogP contribution in [0.5, 0.6) is 11.5 Å². The zero-order chi connectivity index (χ0) is 15.6. The Morgan fingerprint density at radius 1 is 1.19 bits per heavy atom. The third-order valence-electron chi connectivity index (χ3n) is 2.73.